The Morgan fingerprint density at radius 3 is 1.72 bits per heavy atom. The number of carbonyl (C=O) groups is 1. The Balaban J connectivity index is 5.06. The van der Waals surface area contributed by atoms with Crippen molar-refractivity contribution in [3.8, 4) is 0 Å². The quantitative estimate of drug-likeness (QED) is 0.164. The first-order valence-corrected chi connectivity index (χ1v) is 22.3. The summed E-state index contributed by atoms with van der Waals surface area (Å²) in [4.78, 5) is 11.3. The zero-order valence-corrected chi connectivity index (χ0v) is 23.8. The average Bonchev–Trinajstić information content (AvgIpc) is 2.47. The van der Waals surface area contributed by atoms with Crippen LogP contribution < -0.4 is 0 Å². The smallest absolute Gasteiger partial charge is 0.454 e. The van der Waals surface area contributed by atoms with Crippen molar-refractivity contribution in [2.75, 3.05) is 19.8 Å². The van der Waals surface area contributed by atoms with Crippen molar-refractivity contribution >= 4 is 39.7 Å². The Hall–Kier alpha value is -0.122. The standard InChI is InChI=1S/C18H42O7Si4/c1-11-18(20)22-17(15-19)16-21-13-12-14-29(23-26(2,3)4,24-27(5,6)7)25-28(8,9)10/h11,17,19H,1,12-16H2,2-10H3. The van der Waals surface area contributed by atoms with Gasteiger partial charge in [-0.3, -0.25) is 0 Å². The van der Waals surface area contributed by atoms with Crippen LogP contribution in [0, 0.1) is 0 Å². The lowest BCUT2D eigenvalue weighted by molar-refractivity contribution is -0.148. The average molecular weight is 483 g/mol. The van der Waals surface area contributed by atoms with Crippen LogP contribution in [-0.4, -0.2) is 70.8 Å². The van der Waals surface area contributed by atoms with Crippen molar-refractivity contribution < 1.29 is 31.7 Å². The minimum Gasteiger partial charge on any atom is -0.454 e. The Morgan fingerprint density at radius 2 is 1.38 bits per heavy atom. The molecule has 1 unspecified atom stereocenters. The first-order valence-electron chi connectivity index (χ1n) is 10.1. The molecule has 0 aromatic carbocycles. The van der Waals surface area contributed by atoms with Crippen LogP contribution >= 0.6 is 0 Å². The molecule has 11 heteroatoms. The molecule has 172 valence electrons. The van der Waals surface area contributed by atoms with E-state index in [9.17, 15) is 9.90 Å². The Bertz CT molecular complexity index is 469. The first-order chi connectivity index (χ1) is 13.0. The zero-order valence-electron chi connectivity index (χ0n) is 19.8. The minimum atomic E-state index is -2.86. The van der Waals surface area contributed by atoms with Crippen LogP contribution in [0.1, 0.15) is 6.42 Å². The zero-order chi connectivity index (χ0) is 22.9. The molecule has 0 saturated carbocycles. The maximum absolute atomic E-state index is 11.3. The van der Waals surface area contributed by atoms with Crippen LogP contribution in [0.2, 0.25) is 65.0 Å². The van der Waals surface area contributed by atoms with Gasteiger partial charge in [0.1, 0.15) is 6.10 Å². The summed E-state index contributed by atoms with van der Waals surface area (Å²) >= 11 is 0. The molecule has 0 fully saturated rings. The molecular formula is C18H42O7Si4. The third-order valence-electron chi connectivity index (χ3n) is 3.11. The molecule has 0 aliphatic carbocycles. The van der Waals surface area contributed by atoms with E-state index in [2.05, 4.69) is 65.5 Å². The van der Waals surface area contributed by atoms with Gasteiger partial charge in [0.15, 0.2) is 25.0 Å². The molecule has 1 atom stereocenters. The third-order valence-corrected chi connectivity index (χ3v) is 15.2. The van der Waals surface area contributed by atoms with Crippen molar-refractivity contribution in [1.29, 1.82) is 0 Å². The predicted molar refractivity (Wildman–Crippen MR) is 126 cm³/mol. The fraction of sp³-hybridized carbons (Fsp3) is 0.833. The summed E-state index contributed by atoms with van der Waals surface area (Å²) in [5.41, 5.74) is 0. The predicted octanol–water partition coefficient (Wildman–Crippen LogP) is 3.98. The van der Waals surface area contributed by atoms with Gasteiger partial charge in [-0.25, -0.2) is 4.79 Å². The van der Waals surface area contributed by atoms with Gasteiger partial charge in [0.05, 0.1) is 13.2 Å². The summed E-state index contributed by atoms with van der Waals surface area (Å²) in [5.74, 6) is -0.574. The lowest BCUT2D eigenvalue weighted by Crippen LogP contribution is -2.60. The van der Waals surface area contributed by atoms with Crippen molar-refractivity contribution in [3.63, 3.8) is 0 Å². The Kier molecular flexibility index (Phi) is 12.0. The molecule has 7 nitrogen and oxygen atoms in total. The van der Waals surface area contributed by atoms with Gasteiger partial charge in [-0.15, -0.1) is 0 Å². The molecular weight excluding hydrogens is 441 g/mol. The minimum absolute atomic E-state index is 0.128. The van der Waals surface area contributed by atoms with E-state index in [1.165, 1.54) is 0 Å². The van der Waals surface area contributed by atoms with Crippen molar-refractivity contribution in [2.45, 2.75) is 77.5 Å². The summed E-state index contributed by atoms with van der Waals surface area (Å²) in [7, 11) is -8.54. The second-order valence-electron chi connectivity index (χ2n) is 9.95. The molecule has 0 aliphatic heterocycles. The summed E-state index contributed by atoms with van der Waals surface area (Å²) in [6.45, 7) is 23.0. The second kappa shape index (κ2) is 12.1. The fourth-order valence-electron chi connectivity index (χ4n) is 2.56. The van der Waals surface area contributed by atoms with Gasteiger partial charge < -0.3 is 26.9 Å². The topological polar surface area (TPSA) is 83.5 Å². The molecule has 1 N–H and O–H groups in total. The van der Waals surface area contributed by atoms with Gasteiger partial charge in [0, 0.05) is 18.7 Å². The van der Waals surface area contributed by atoms with Crippen LogP contribution in [0.5, 0.6) is 0 Å². The van der Waals surface area contributed by atoms with Crippen LogP contribution in [0.4, 0.5) is 0 Å². The number of esters is 1. The lowest BCUT2D eigenvalue weighted by Gasteiger charge is -2.42. The van der Waals surface area contributed by atoms with E-state index in [1.807, 2.05) is 0 Å². The molecule has 0 saturated heterocycles. The van der Waals surface area contributed by atoms with E-state index in [4.69, 9.17) is 21.8 Å². The largest absolute Gasteiger partial charge is 0.469 e. The van der Waals surface area contributed by atoms with Gasteiger partial charge >= 0.3 is 14.8 Å². The first kappa shape index (κ1) is 28.9. The maximum Gasteiger partial charge on any atom is 0.469 e. The number of ether oxygens (including phenoxy) is 2. The van der Waals surface area contributed by atoms with Gasteiger partial charge in [-0.2, -0.15) is 0 Å². The van der Waals surface area contributed by atoms with E-state index in [0.29, 0.717) is 19.1 Å². The van der Waals surface area contributed by atoms with Crippen LogP contribution in [0.25, 0.3) is 0 Å². The monoisotopic (exact) mass is 482 g/mol. The molecule has 0 bridgehead atoms. The molecule has 0 heterocycles. The molecule has 0 radical (unpaired) electrons. The van der Waals surface area contributed by atoms with E-state index in [-0.39, 0.29) is 13.2 Å². The molecule has 0 spiro atoms. The summed E-state index contributed by atoms with van der Waals surface area (Å²) in [6.07, 6.45) is 1.08. The summed E-state index contributed by atoms with van der Waals surface area (Å²) < 4.78 is 30.5. The maximum atomic E-state index is 11.3. The van der Waals surface area contributed by atoms with Gasteiger partial charge in [0.2, 0.25) is 0 Å². The highest BCUT2D eigenvalue weighted by Gasteiger charge is 2.49. The van der Waals surface area contributed by atoms with E-state index >= 15 is 0 Å². The van der Waals surface area contributed by atoms with E-state index < -0.39 is 45.8 Å². The fourth-order valence-corrected chi connectivity index (χ4v) is 17.2. The summed E-state index contributed by atoms with van der Waals surface area (Å²) in [6, 6.07) is 0.683. The number of hydrogen-bond donors (Lipinski definition) is 1. The van der Waals surface area contributed by atoms with E-state index in [1.54, 1.807) is 0 Å². The van der Waals surface area contributed by atoms with Crippen molar-refractivity contribution in [2.24, 2.45) is 0 Å². The molecule has 29 heavy (non-hydrogen) atoms. The molecule has 0 aromatic rings. The number of aliphatic hydroxyl groups excluding tert-OH is 1. The Morgan fingerprint density at radius 1 is 0.931 bits per heavy atom. The number of hydrogen-bond acceptors (Lipinski definition) is 7. The van der Waals surface area contributed by atoms with E-state index in [0.717, 1.165) is 6.08 Å². The molecule has 0 amide bonds. The molecule has 0 aliphatic rings. The van der Waals surface area contributed by atoms with Crippen molar-refractivity contribution in [1.82, 2.24) is 0 Å². The van der Waals surface area contributed by atoms with Gasteiger partial charge in [-0.05, 0) is 65.3 Å². The van der Waals surface area contributed by atoms with Crippen LogP contribution in [0.15, 0.2) is 12.7 Å². The highest BCUT2D eigenvalue weighted by molar-refractivity contribution is 6.90. The molecule has 0 aromatic heterocycles. The second-order valence-corrected chi connectivity index (χ2v) is 26.9. The lowest BCUT2D eigenvalue weighted by atomic mass is 10.4. The van der Waals surface area contributed by atoms with Gasteiger partial charge in [0.25, 0.3) is 0 Å². The highest BCUT2D eigenvalue weighted by atomic mass is 28.5. The summed E-state index contributed by atoms with van der Waals surface area (Å²) in [5, 5.41) is 9.31. The molecule has 0 rings (SSSR count). The normalized spacial score (nSPS) is 14.6. The number of carbonyl (C=O) groups excluding carboxylic acids is 1. The number of rotatable bonds is 15. The Labute approximate surface area is 181 Å². The van der Waals surface area contributed by atoms with Crippen molar-refractivity contribution in [3.05, 3.63) is 12.7 Å². The van der Waals surface area contributed by atoms with Crippen LogP contribution in [0.3, 0.4) is 0 Å². The highest BCUT2D eigenvalue weighted by Crippen LogP contribution is 2.29. The SMILES string of the molecule is C=CC(=O)OC(CO)COCCC[Si](O[Si](C)(C)C)(O[Si](C)(C)C)O[Si](C)(C)C. The third kappa shape index (κ3) is 15.3. The van der Waals surface area contributed by atoms with Gasteiger partial charge in [-0.1, -0.05) is 6.58 Å². The number of aliphatic hydroxyl groups is 1. The van der Waals surface area contributed by atoms with Crippen LogP contribution in [-0.2, 0) is 26.6 Å².